The van der Waals surface area contributed by atoms with Crippen LogP contribution in [0.3, 0.4) is 0 Å². The summed E-state index contributed by atoms with van der Waals surface area (Å²) in [6.07, 6.45) is 6.04. The first-order chi connectivity index (χ1) is 12.7. The highest BCUT2D eigenvalue weighted by Gasteiger charge is 2.34. The molecular formula is C21H37Cl3N4O. The molecule has 0 unspecified atom stereocenters. The molecule has 1 aliphatic heterocycles. The Balaban J connectivity index is 0.00000261. The van der Waals surface area contributed by atoms with Crippen LogP contribution < -0.4 is 11.1 Å². The lowest BCUT2D eigenvalue weighted by Crippen LogP contribution is -2.55. The molecule has 1 heterocycles. The highest BCUT2D eigenvalue weighted by molar-refractivity contribution is 5.86. The van der Waals surface area contributed by atoms with Gasteiger partial charge in [-0.05, 0) is 31.4 Å². The summed E-state index contributed by atoms with van der Waals surface area (Å²) >= 11 is 0. The Morgan fingerprint density at radius 3 is 2.14 bits per heavy atom. The first-order valence-corrected chi connectivity index (χ1v) is 10.2. The van der Waals surface area contributed by atoms with E-state index in [2.05, 4.69) is 45.4 Å². The molecule has 2 aliphatic rings. The second kappa shape index (κ2) is 14.4. The van der Waals surface area contributed by atoms with Crippen molar-refractivity contribution in [3.05, 3.63) is 35.9 Å². The van der Waals surface area contributed by atoms with Crippen LogP contribution in [0.2, 0.25) is 0 Å². The number of nitrogens with one attached hydrogen (secondary N) is 1. The van der Waals surface area contributed by atoms with E-state index in [0.29, 0.717) is 0 Å². The summed E-state index contributed by atoms with van der Waals surface area (Å²) in [5.41, 5.74) is 7.06. The quantitative estimate of drug-likeness (QED) is 0.604. The predicted octanol–water partition coefficient (Wildman–Crippen LogP) is 3.24. The van der Waals surface area contributed by atoms with Crippen molar-refractivity contribution in [1.29, 1.82) is 0 Å². The lowest BCUT2D eigenvalue weighted by atomic mass is 9.82. The van der Waals surface area contributed by atoms with Crippen molar-refractivity contribution in [2.24, 2.45) is 5.73 Å². The minimum absolute atomic E-state index is 0. The summed E-state index contributed by atoms with van der Waals surface area (Å²) in [5, 5.41) is 3.07. The SMILES string of the molecule is Cl.Cl.Cl.NC1(C(=O)NCCCN2CCN(Cc3ccccc3)CC2)CCCCC1. The van der Waals surface area contributed by atoms with Crippen molar-refractivity contribution in [3.63, 3.8) is 0 Å². The first kappa shape index (κ1) is 28.4. The van der Waals surface area contributed by atoms with E-state index >= 15 is 0 Å². The van der Waals surface area contributed by atoms with Crippen LogP contribution in [0.25, 0.3) is 0 Å². The molecule has 5 nitrogen and oxygen atoms in total. The monoisotopic (exact) mass is 466 g/mol. The molecule has 0 spiro atoms. The van der Waals surface area contributed by atoms with Gasteiger partial charge in [0.1, 0.15) is 0 Å². The Morgan fingerprint density at radius 2 is 1.52 bits per heavy atom. The van der Waals surface area contributed by atoms with Gasteiger partial charge in [0.25, 0.3) is 0 Å². The topological polar surface area (TPSA) is 61.6 Å². The Kier molecular flexibility index (Phi) is 14.2. The molecule has 1 amide bonds. The van der Waals surface area contributed by atoms with Crippen molar-refractivity contribution < 1.29 is 4.79 Å². The fraction of sp³-hybridized carbons (Fsp3) is 0.667. The van der Waals surface area contributed by atoms with Crippen LogP contribution in [0.15, 0.2) is 30.3 Å². The van der Waals surface area contributed by atoms with Crippen molar-refractivity contribution in [2.75, 3.05) is 39.3 Å². The van der Waals surface area contributed by atoms with Gasteiger partial charge in [-0.1, -0.05) is 49.6 Å². The standard InChI is InChI=1S/C21H34N4O.3ClH/c22-21(10-5-2-6-11-21)20(26)23-12-7-13-24-14-16-25(17-15-24)18-19-8-3-1-4-9-19;;;/h1,3-4,8-9H,2,5-7,10-18,22H2,(H,23,26);3*1H. The third kappa shape index (κ3) is 8.99. The number of hydrogen-bond donors (Lipinski definition) is 2. The number of hydrogen-bond acceptors (Lipinski definition) is 4. The average molecular weight is 468 g/mol. The molecule has 0 aromatic heterocycles. The number of nitrogens with zero attached hydrogens (tertiary/aromatic N) is 2. The third-order valence-electron chi connectivity index (χ3n) is 5.85. The predicted molar refractivity (Wildman–Crippen MR) is 128 cm³/mol. The molecule has 1 aliphatic carbocycles. The van der Waals surface area contributed by atoms with Crippen LogP contribution in [-0.4, -0.2) is 60.5 Å². The number of piperazine rings is 1. The molecule has 8 heteroatoms. The van der Waals surface area contributed by atoms with Crippen LogP contribution in [0.4, 0.5) is 0 Å². The van der Waals surface area contributed by atoms with E-state index in [1.54, 1.807) is 0 Å². The average Bonchev–Trinajstić information content (AvgIpc) is 2.68. The van der Waals surface area contributed by atoms with E-state index in [0.717, 1.165) is 77.9 Å². The van der Waals surface area contributed by atoms with Crippen molar-refractivity contribution in [1.82, 2.24) is 15.1 Å². The second-order valence-corrected chi connectivity index (χ2v) is 7.93. The molecule has 3 N–H and O–H groups in total. The van der Waals surface area contributed by atoms with Crippen LogP contribution in [-0.2, 0) is 11.3 Å². The molecule has 0 atom stereocenters. The molecule has 168 valence electrons. The lowest BCUT2D eigenvalue weighted by Gasteiger charge is -2.35. The van der Waals surface area contributed by atoms with Crippen molar-refractivity contribution in [3.8, 4) is 0 Å². The minimum atomic E-state index is -0.610. The maximum Gasteiger partial charge on any atom is 0.240 e. The maximum absolute atomic E-state index is 12.3. The fourth-order valence-corrected chi connectivity index (χ4v) is 4.10. The van der Waals surface area contributed by atoms with Gasteiger partial charge in [-0.25, -0.2) is 0 Å². The first-order valence-electron chi connectivity index (χ1n) is 10.2. The molecule has 2 fully saturated rings. The number of halogens is 3. The fourth-order valence-electron chi connectivity index (χ4n) is 4.10. The Labute approximate surface area is 194 Å². The zero-order valence-electron chi connectivity index (χ0n) is 17.2. The van der Waals surface area contributed by atoms with E-state index in [9.17, 15) is 4.79 Å². The summed E-state index contributed by atoms with van der Waals surface area (Å²) in [6, 6.07) is 10.7. The number of amides is 1. The number of carbonyl (C=O) groups excluding carboxylic acids is 1. The Bertz CT molecular complexity index is 562. The molecule has 0 radical (unpaired) electrons. The minimum Gasteiger partial charge on any atom is -0.354 e. The van der Waals surface area contributed by atoms with Crippen LogP contribution in [0, 0.1) is 0 Å². The smallest absolute Gasteiger partial charge is 0.240 e. The van der Waals surface area contributed by atoms with E-state index in [4.69, 9.17) is 5.73 Å². The zero-order valence-corrected chi connectivity index (χ0v) is 19.6. The number of benzene rings is 1. The largest absolute Gasteiger partial charge is 0.354 e. The molecule has 29 heavy (non-hydrogen) atoms. The van der Waals surface area contributed by atoms with Gasteiger partial charge in [-0.3, -0.25) is 9.69 Å². The molecule has 3 rings (SSSR count). The Morgan fingerprint density at radius 1 is 0.931 bits per heavy atom. The van der Waals surface area contributed by atoms with Crippen LogP contribution in [0.5, 0.6) is 0 Å². The van der Waals surface area contributed by atoms with Crippen molar-refractivity contribution in [2.45, 2.75) is 50.6 Å². The van der Waals surface area contributed by atoms with E-state index in [-0.39, 0.29) is 43.1 Å². The normalized spacial score (nSPS) is 19.2. The van der Waals surface area contributed by atoms with Crippen LogP contribution in [0.1, 0.15) is 44.1 Å². The molecule has 1 saturated heterocycles. The molecule has 1 saturated carbocycles. The summed E-state index contributed by atoms with van der Waals surface area (Å²) in [7, 11) is 0. The van der Waals surface area contributed by atoms with Gasteiger partial charge in [-0.2, -0.15) is 0 Å². The van der Waals surface area contributed by atoms with Gasteiger partial charge in [0, 0.05) is 39.3 Å². The van der Waals surface area contributed by atoms with E-state index in [1.807, 2.05) is 0 Å². The second-order valence-electron chi connectivity index (χ2n) is 7.93. The summed E-state index contributed by atoms with van der Waals surface area (Å²) < 4.78 is 0. The molecule has 1 aromatic rings. The van der Waals surface area contributed by atoms with Gasteiger partial charge in [0.05, 0.1) is 5.54 Å². The highest BCUT2D eigenvalue weighted by Crippen LogP contribution is 2.25. The molecular weight excluding hydrogens is 431 g/mol. The maximum atomic E-state index is 12.3. The number of carbonyl (C=O) groups is 1. The summed E-state index contributed by atoms with van der Waals surface area (Å²) in [5.74, 6) is 0.0601. The van der Waals surface area contributed by atoms with Gasteiger partial charge < -0.3 is 16.0 Å². The zero-order chi connectivity index (χ0) is 18.2. The van der Waals surface area contributed by atoms with Gasteiger partial charge in [-0.15, -0.1) is 37.2 Å². The summed E-state index contributed by atoms with van der Waals surface area (Å²) in [4.78, 5) is 17.4. The number of nitrogens with two attached hydrogens (primary N) is 1. The summed E-state index contributed by atoms with van der Waals surface area (Å²) in [6.45, 7) is 7.30. The van der Waals surface area contributed by atoms with E-state index < -0.39 is 5.54 Å². The van der Waals surface area contributed by atoms with Crippen molar-refractivity contribution >= 4 is 43.1 Å². The molecule has 0 bridgehead atoms. The third-order valence-corrected chi connectivity index (χ3v) is 5.85. The lowest BCUT2D eigenvalue weighted by molar-refractivity contribution is -0.127. The van der Waals surface area contributed by atoms with Gasteiger partial charge in [0.2, 0.25) is 5.91 Å². The Hall–Kier alpha value is -0.560. The van der Waals surface area contributed by atoms with Gasteiger partial charge in [0.15, 0.2) is 0 Å². The highest BCUT2D eigenvalue weighted by atomic mass is 35.5. The van der Waals surface area contributed by atoms with E-state index in [1.165, 1.54) is 12.0 Å². The molecule has 1 aromatic carbocycles. The van der Waals surface area contributed by atoms with Gasteiger partial charge >= 0.3 is 0 Å². The van der Waals surface area contributed by atoms with Crippen LogP contribution >= 0.6 is 37.2 Å². The number of rotatable bonds is 7.